The summed E-state index contributed by atoms with van der Waals surface area (Å²) < 4.78 is 0. The zero-order valence-electron chi connectivity index (χ0n) is 8.22. The van der Waals surface area contributed by atoms with Crippen molar-refractivity contribution in [3.63, 3.8) is 0 Å². The van der Waals surface area contributed by atoms with Crippen LogP contribution in [0.3, 0.4) is 0 Å². The minimum atomic E-state index is 0.0995. The second kappa shape index (κ2) is 5.66. The molecule has 0 spiro atoms. The average molecular weight is 212 g/mol. The Kier molecular flexibility index (Phi) is 4.47. The standard InChI is InChI=1S/C11H14ClNO/c1-2-3-11(14)13-8-9-4-6-10(12)7-5-9/h4-7H,2-3,8H2,1H3,(H,13,14). The van der Waals surface area contributed by atoms with E-state index in [1.807, 2.05) is 31.2 Å². The molecule has 0 aliphatic heterocycles. The summed E-state index contributed by atoms with van der Waals surface area (Å²) in [5.41, 5.74) is 1.07. The SMILES string of the molecule is CCCC(=O)NCc1ccc(Cl)cc1. The third kappa shape index (κ3) is 3.79. The summed E-state index contributed by atoms with van der Waals surface area (Å²) >= 11 is 5.74. The molecule has 0 saturated carbocycles. The van der Waals surface area contributed by atoms with Crippen molar-refractivity contribution < 1.29 is 4.79 Å². The highest BCUT2D eigenvalue weighted by Gasteiger charge is 1.98. The Balaban J connectivity index is 2.38. The van der Waals surface area contributed by atoms with E-state index >= 15 is 0 Å². The van der Waals surface area contributed by atoms with E-state index in [0.717, 1.165) is 12.0 Å². The molecular weight excluding hydrogens is 198 g/mol. The first kappa shape index (κ1) is 11.1. The normalized spacial score (nSPS) is 9.86. The van der Waals surface area contributed by atoms with Crippen molar-refractivity contribution in [2.24, 2.45) is 0 Å². The monoisotopic (exact) mass is 211 g/mol. The highest BCUT2D eigenvalue weighted by molar-refractivity contribution is 6.30. The van der Waals surface area contributed by atoms with Crippen LogP contribution in [0.15, 0.2) is 24.3 Å². The van der Waals surface area contributed by atoms with Crippen molar-refractivity contribution >= 4 is 17.5 Å². The summed E-state index contributed by atoms with van der Waals surface area (Å²) in [6, 6.07) is 7.47. The topological polar surface area (TPSA) is 29.1 Å². The number of hydrogen-bond acceptors (Lipinski definition) is 1. The summed E-state index contributed by atoms with van der Waals surface area (Å²) in [5, 5.41) is 3.55. The van der Waals surface area contributed by atoms with Gasteiger partial charge in [-0.15, -0.1) is 0 Å². The molecule has 0 saturated heterocycles. The summed E-state index contributed by atoms with van der Waals surface area (Å²) in [6.45, 7) is 2.57. The molecule has 0 atom stereocenters. The van der Waals surface area contributed by atoms with Gasteiger partial charge in [-0.3, -0.25) is 4.79 Å². The largest absolute Gasteiger partial charge is 0.352 e. The lowest BCUT2D eigenvalue weighted by Crippen LogP contribution is -2.21. The van der Waals surface area contributed by atoms with Gasteiger partial charge in [-0.05, 0) is 24.1 Å². The molecule has 2 nitrogen and oxygen atoms in total. The minimum Gasteiger partial charge on any atom is -0.352 e. The third-order valence-corrected chi connectivity index (χ3v) is 2.13. The van der Waals surface area contributed by atoms with Crippen LogP contribution in [-0.2, 0) is 11.3 Å². The fourth-order valence-electron chi connectivity index (χ4n) is 1.12. The van der Waals surface area contributed by atoms with Crippen LogP contribution in [0, 0.1) is 0 Å². The number of amides is 1. The van der Waals surface area contributed by atoms with Gasteiger partial charge in [0.2, 0.25) is 5.91 Å². The van der Waals surface area contributed by atoms with E-state index in [-0.39, 0.29) is 5.91 Å². The lowest BCUT2D eigenvalue weighted by atomic mass is 10.2. The summed E-state index contributed by atoms with van der Waals surface area (Å²) in [4.78, 5) is 11.1. The number of carbonyl (C=O) groups excluding carboxylic acids is 1. The number of hydrogen-bond donors (Lipinski definition) is 1. The molecule has 0 aliphatic carbocycles. The highest BCUT2D eigenvalue weighted by atomic mass is 35.5. The van der Waals surface area contributed by atoms with Crippen LogP contribution in [0.2, 0.25) is 5.02 Å². The van der Waals surface area contributed by atoms with E-state index in [1.54, 1.807) is 0 Å². The molecule has 0 fully saturated rings. The lowest BCUT2D eigenvalue weighted by Gasteiger charge is -2.04. The number of nitrogens with one attached hydrogen (secondary N) is 1. The van der Waals surface area contributed by atoms with E-state index in [0.29, 0.717) is 18.0 Å². The Hall–Kier alpha value is -1.02. The fourth-order valence-corrected chi connectivity index (χ4v) is 1.24. The van der Waals surface area contributed by atoms with Crippen molar-refractivity contribution in [3.8, 4) is 0 Å². The molecule has 0 aromatic heterocycles. The van der Waals surface area contributed by atoms with Crippen molar-refractivity contribution in [3.05, 3.63) is 34.9 Å². The molecule has 1 aromatic rings. The molecule has 1 N–H and O–H groups in total. The molecule has 3 heteroatoms. The van der Waals surface area contributed by atoms with Gasteiger partial charge in [0.15, 0.2) is 0 Å². The number of rotatable bonds is 4. The Bertz CT molecular complexity index is 295. The van der Waals surface area contributed by atoms with Gasteiger partial charge < -0.3 is 5.32 Å². The molecule has 0 aliphatic rings. The Labute approximate surface area is 89.3 Å². The van der Waals surface area contributed by atoms with Gasteiger partial charge in [-0.1, -0.05) is 30.7 Å². The van der Waals surface area contributed by atoms with Crippen LogP contribution in [-0.4, -0.2) is 5.91 Å². The first-order chi connectivity index (χ1) is 6.72. The molecule has 76 valence electrons. The van der Waals surface area contributed by atoms with E-state index in [9.17, 15) is 4.79 Å². The van der Waals surface area contributed by atoms with Crippen LogP contribution < -0.4 is 5.32 Å². The van der Waals surface area contributed by atoms with Gasteiger partial charge in [0.05, 0.1) is 0 Å². The predicted octanol–water partition coefficient (Wildman–Crippen LogP) is 2.76. The predicted molar refractivity (Wildman–Crippen MR) is 58.2 cm³/mol. The summed E-state index contributed by atoms with van der Waals surface area (Å²) in [7, 11) is 0. The van der Waals surface area contributed by atoms with Gasteiger partial charge in [0, 0.05) is 18.0 Å². The first-order valence-electron chi connectivity index (χ1n) is 4.73. The van der Waals surface area contributed by atoms with Crippen LogP contribution in [0.5, 0.6) is 0 Å². The van der Waals surface area contributed by atoms with Crippen molar-refractivity contribution in [1.82, 2.24) is 5.32 Å². The zero-order valence-corrected chi connectivity index (χ0v) is 8.97. The second-order valence-corrected chi connectivity index (χ2v) is 3.59. The number of benzene rings is 1. The van der Waals surface area contributed by atoms with Crippen molar-refractivity contribution in [2.75, 3.05) is 0 Å². The summed E-state index contributed by atoms with van der Waals surface area (Å²) in [5.74, 6) is 0.0995. The maximum absolute atomic E-state index is 11.1. The highest BCUT2D eigenvalue weighted by Crippen LogP contribution is 2.09. The molecule has 1 aromatic carbocycles. The quantitative estimate of drug-likeness (QED) is 0.816. The molecule has 1 amide bonds. The van der Waals surface area contributed by atoms with Crippen LogP contribution in [0.4, 0.5) is 0 Å². The maximum Gasteiger partial charge on any atom is 0.220 e. The first-order valence-corrected chi connectivity index (χ1v) is 5.11. The Morgan fingerprint density at radius 3 is 2.57 bits per heavy atom. The van der Waals surface area contributed by atoms with Gasteiger partial charge in [-0.25, -0.2) is 0 Å². The molecule has 1 rings (SSSR count). The minimum absolute atomic E-state index is 0.0995. The van der Waals surface area contributed by atoms with Crippen molar-refractivity contribution in [2.45, 2.75) is 26.3 Å². The zero-order chi connectivity index (χ0) is 10.4. The van der Waals surface area contributed by atoms with Crippen LogP contribution >= 0.6 is 11.6 Å². The molecule has 14 heavy (non-hydrogen) atoms. The molecule has 0 unspecified atom stereocenters. The smallest absolute Gasteiger partial charge is 0.220 e. The van der Waals surface area contributed by atoms with Gasteiger partial charge in [-0.2, -0.15) is 0 Å². The van der Waals surface area contributed by atoms with Crippen LogP contribution in [0.1, 0.15) is 25.3 Å². The van der Waals surface area contributed by atoms with Gasteiger partial charge in [0.1, 0.15) is 0 Å². The molecule has 0 bridgehead atoms. The Morgan fingerprint density at radius 1 is 1.36 bits per heavy atom. The second-order valence-electron chi connectivity index (χ2n) is 3.15. The van der Waals surface area contributed by atoms with E-state index in [4.69, 9.17) is 11.6 Å². The Morgan fingerprint density at radius 2 is 2.00 bits per heavy atom. The van der Waals surface area contributed by atoms with Crippen LogP contribution in [0.25, 0.3) is 0 Å². The average Bonchev–Trinajstić information content (AvgIpc) is 2.17. The van der Waals surface area contributed by atoms with Gasteiger partial charge in [0.25, 0.3) is 0 Å². The number of halogens is 1. The van der Waals surface area contributed by atoms with E-state index in [2.05, 4.69) is 5.32 Å². The van der Waals surface area contributed by atoms with Crippen molar-refractivity contribution in [1.29, 1.82) is 0 Å². The van der Waals surface area contributed by atoms with Gasteiger partial charge >= 0.3 is 0 Å². The summed E-state index contributed by atoms with van der Waals surface area (Å²) in [6.07, 6.45) is 1.47. The lowest BCUT2D eigenvalue weighted by molar-refractivity contribution is -0.121. The van der Waals surface area contributed by atoms with E-state index < -0.39 is 0 Å². The third-order valence-electron chi connectivity index (χ3n) is 1.88. The fraction of sp³-hybridized carbons (Fsp3) is 0.364. The molecular formula is C11H14ClNO. The molecule has 0 radical (unpaired) electrons. The molecule has 0 heterocycles. The van der Waals surface area contributed by atoms with E-state index in [1.165, 1.54) is 0 Å². The number of carbonyl (C=O) groups is 1. The maximum atomic E-state index is 11.1.